The van der Waals surface area contributed by atoms with Gasteiger partial charge in [-0.05, 0) is 78.4 Å². The van der Waals surface area contributed by atoms with E-state index in [1.807, 2.05) is 25.1 Å². The van der Waals surface area contributed by atoms with Crippen LogP contribution in [0.4, 0.5) is 0 Å². The predicted octanol–water partition coefficient (Wildman–Crippen LogP) is 15.9. The quantitative estimate of drug-likeness (QED) is 0.117. The SMILES string of the molecule is Cc1cc2nc(-c3[c-]cc4oc5cccc(C)c5c4n3)n(-c3c(-c4ccccc4)cc(C(C)(C)C)cc3-c3ccccc3)c2c(C)n1.[CH3][Ge]([CH3])([CH3])[c]1ccc(-c2[c-]cc(C3CCCCC3)cc2)nc1.[Ir]. The molecule has 355 valence electrons. The van der Waals surface area contributed by atoms with Gasteiger partial charge >= 0.3 is 137 Å². The molecule has 0 atom stereocenters. The number of aryl methyl sites for hydroxylation is 3. The molecule has 6 nitrogen and oxygen atoms in total. The molecule has 1 aliphatic rings. The number of hydrogen-bond acceptors (Lipinski definition) is 5. The van der Waals surface area contributed by atoms with Gasteiger partial charge in [0.25, 0.3) is 0 Å². The number of hydrogen-bond donors (Lipinski definition) is 0. The molecular formula is C62H61GeIrN5O-2. The Morgan fingerprint density at radius 2 is 1.37 bits per heavy atom. The van der Waals surface area contributed by atoms with Crippen LogP contribution in [0.5, 0.6) is 0 Å². The van der Waals surface area contributed by atoms with Gasteiger partial charge in [-0.3, -0.25) is 15.0 Å². The van der Waals surface area contributed by atoms with Crippen LogP contribution in [-0.2, 0) is 25.5 Å². The Kier molecular flexibility index (Phi) is 14.0. The predicted molar refractivity (Wildman–Crippen MR) is 289 cm³/mol. The fourth-order valence-corrected chi connectivity index (χ4v) is 12.2. The molecule has 1 fully saturated rings. The van der Waals surface area contributed by atoms with Gasteiger partial charge in [0.15, 0.2) is 0 Å². The zero-order valence-corrected chi connectivity index (χ0v) is 46.4. The second-order valence-electron chi connectivity index (χ2n) is 21.0. The van der Waals surface area contributed by atoms with E-state index in [2.05, 4.69) is 195 Å². The molecule has 5 aromatic heterocycles. The third kappa shape index (κ3) is 9.86. The Hall–Kier alpha value is -5.99. The second kappa shape index (κ2) is 20.0. The summed E-state index contributed by atoms with van der Waals surface area (Å²) in [6, 6.07) is 54.1. The summed E-state index contributed by atoms with van der Waals surface area (Å²) >= 11 is -1.76. The maximum absolute atomic E-state index is 6.20. The van der Waals surface area contributed by atoms with Crippen molar-refractivity contribution in [3.63, 3.8) is 0 Å². The Labute approximate surface area is 429 Å². The second-order valence-corrected chi connectivity index (χ2v) is 31.6. The molecule has 0 bridgehead atoms. The molecule has 1 saturated carbocycles. The topological polar surface area (TPSA) is 69.6 Å². The van der Waals surface area contributed by atoms with Crippen molar-refractivity contribution in [2.45, 2.75) is 102 Å². The molecule has 0 N–H and O–H groups in total. The minimum absolute atomic E-state index is 0. The minimum Gasteiger partial charge on any atom is 0 e. The minimum atomic E-state index is -1.76. The van der Waals surface area contributed by atoms with Crippen LogP contribution in [0.25, 0.3) is 83.8 Å². The summed E-state index contributed by atoms with van der Waals surface area (Å²) in [4.78, 5) is 20.2. The first-order valence-electron chi connectivity index (χ1n) is 24.6. The number of fused-ring (bicyclic) bond motifs is 4. The van der Waals surface area contributed by atoms with Crippen molar-refractivity contribution in [3.8, 4) is 50.7 Å². The fourth-order valence-electron chi connectivity index (χ4n) is 10.00. The molecule has 70 heavy (non-hydrogen) atoms. The number of imidazole rings is 1. The zero-order chi connectivity index (χ0) is 48.0. The van der Waals surface area contributed by atoms with E-state index in [-0.39, 0.29) is 25.5 Å². The first-order valence-corrected chi connectivity index (χ1v) is 31.9. The van der Waals surface area contributed by atoms with Gasteiger partial charge < -0.3 is 8.98 Å². The first-order chi connectivity index (χ1) is 33.2. The van der Waals surface area contributed by atoms with Gasteiger partial charge in [0.2, 0.25) is 0 Å². The normalized spacial score (nSPS) is 13.3. The van der Waals surface area contributed by atoms with E-state index in [4.69, 9.17) is 19.4 Å². The number of aromatic nitrogens is 5. The molecule has 0 amide bonds. The molecule has 8 heteroatoms. The largest absolute Gasteiger partial charge is 0 e. The Balaban J connectivity index is 0.000000222. The van der Waals surface area contributed by atoms with Crippen molar-refractivity contribution in [2.24, 2.45) is 0 Å². The number of pyridine rings is 3. The van der Waals surface area contributed by atoms with Crippen molar-refractivity contribution in [3.05, 3.63) is 180 Å². The molecule has 0 unspecified atom stereocenters. The Morgan fingerprint density at radius 1 is 0.686 bits per heavy atom. The summed E-state index contributed by atoms with van der Waals surface area (Å²) in [6.07, 6.45) is 8.95. The van der Waals surface area contributed by atoms with Gasteiger partial charge in [-0.1, -0.05) is 93.6 Å². The molecule has 5 heterocycles. The summed E-state index contributed by atoms with van der Waals surface area (Å²) in [6.45, 7) is 13.0. The van der Waals surface area contributed by atoms with Crippen molar-refractivity contribution >= 4 is 50.8 Å². The third-order valence-electron chi connectivity index (χ3n) is 13.8. The van der Waals surface area contributed by atoms with Crippen LogP contribution in [0.2, 0.25) is 17.3 Å². The Bertz CT molecular complexity index is 3390. The van der Waals surface area contributed by atoms with E-state index < -0.39 is 13.3 Å². The van der Waals surface area contributed by atoms with Crippen LogP contribution >= 0.6 is 0 Å². The average Bonchev–Trinajstić information content (AvgIpc) is 3.93. The number of benzene rings is 5. The monoisotopic (exact) mass is 1160 g/mol. The zero-order valence-electron chi connectivity index (χ0n) is 41.9. The molecule has 10 aromatic rings. The molecule has 0 spiro atoms. The third-order valence-corrected chi connectivity index (χ3v) is 18.1. The maximum Gasteiger partial charge on any atom is 0 e. The van der Waals surface area contributed by atoms with Gasteiger partial charge in [0.05, 0.1) is 39.3 Å². The van der Waals surface area contributed by atoms with Crippen LogP contribution in [0.15, 0.2) is 144 Å². The summed E-state index contributed by atoms with van der Waals surface area (Å²) < 4.78 is 9.93. The molecular weight excluding hydrogens is 1100 g/mol. The van der Waals surface area contributed by atoms with E-state index in [1.54, 1.807) is 0 Å². The van der Waals surface area contributed by atoms with E-state index in [0.717, 1.165) is 89.6 Å². The van der Waals surface area contributed by atoms with Crippen LogP contribution in [0, 0.1) is 32.9 Å². The summed E-state index contributed by atoms with van der Waals surface area (Å²) in [5.41, 5.74) is 18.1. The van der Waals surface area contributed by atoms with Gasteiger partial charge in [-0.2, -0.15) is 0 Å². The van der Waals surface area contributed by atoms with Gasteiger partial charge in [0.1, 0.15) is 5.58 Å². The van der Waals surface area contributed by atoms with Crippen LogP contribution in [-0.4, -0.2) is 37.8 Å². The first kappa shape index (κ1) is 49.0. The molecule has 0 saturated heterocycles. The summed E-state index contributed by atoms with van der Waals surface area (Å²) in [5, 5.41) is 1.01. The summed E-state index contributed by atoms with van der Waals surface area (Å²) in [7, 11) is 0. The molecule has 11 rings (SSSR count). The fraction of sp³-hybridized carbons (Fsp3) is 0.258. The molecule has 0 aliphatic heterocycles. The van der Waals surface area contributed by atoms with Gasteiger partial charge in [-0.25, -0.2) is 0 Å². The Morgan fingerprint density at radius 3 is 1.97 bits per heavy atom. The van der Waals surface area contributed by atoms with Crippen LogP contribution in [0.3, 0.4) is 0 Å². The average molecular weight is 1160 g/mol. The van der Waals surface area contributed by atoms with Gasteiger partial charge in [-0.15, -0.1) is 12.1 Å². The summed E-state index contributed by atoms with van der Waals surface area (Å²) in [5.74, 6) is 8.67. The molecule has 5 aromatic carbocycles. The van der Waals surface area contributed by atoms with E-state index >= 15 is 0 Å². The van der Waals surface area contributed by atoms with E-state index in [9.17, 15) is 0 Å². The van der Waals surface area contributed by atoms with E-state index in [0.29, 0.717) is 17.1 Å². The number of nitrogens with zero attached hydrogens (tertiary/aromatic N) is 5. The number of furan rings is 1. The van der Waals surface area contributed by atoms with E-state index in [1.165, 1.54) is 47.6 Å². The molecule has 1 aliphatic carbocycles. The van der Waals surface area contributed by atoms with Crippen molar-refractivity contribution in [1.29, 1.82) is 0 Å². The smallest absolute Gasteiger partial charge is 0 e. The van der Waals surface area contributed by atoms with Crippen molar-refractivity contribution in [1.82, 2.24) is 24.5 Å². The van der Waals surface area contributed by atoms with Crippen LogP contribution in [0.1, 0.15) is 86.9 Å². The van der Waals surface area contributed by atoms with Gasteiger partial charge in [0, 0.05) is 42.3 Å². The van der Waals surface area contributed by atoms with Crippen molar-refractivity contribution in [2.75, 3.05) is 0 Å². The molecule has 1 radical (unpaired) electrons. The van der Waals surface area contributed by atoms with Crippen molar-refractivity contribution < 1.29 is 24.5 Å². The standard InChI is InChI=1S/C42H35N4O.C20H26GeN.Ir/c1-25-14-13-19-35-37(25)38-36(47-35)21-20-33(44-38)41-45-34-22-26(2)43-27(3)39(34)46(41)40-31(28-15-9-7-10-16-28)23-30(42(4,5)6)24-32(40)29-17-11-8-12-18-29;1-21(2,3)19-13-14-20(22-15-19)18-11-9-17(10-12-18)16-7-5-4-6-8-16;/h7-19,21-24H,1-6H3;9-11,13-16H,4-8H2,1-3H3;/q2*-1;. The maximum atomic E-state index is 6.20. The van der Waals surface area contributed by atoms with Crippen LogP contribution < -0.4 is 4.40 Å². The number of rotatable bonds is 7.